The van der Waals surface area contributed by atoms with Crippen LogP contribution in [0.15, 0.2) is 72.8 Å². The van der Waals surface area contributed by atoms with Crippen molar-refractivity contribution in [3.63, 3.8) is 0 Å². The van der Waals surface area contributed by atoms with E-state index >= 15 is 0 Å². The Bertz CT molecular complexity index is 615. The molecule has 35 heavy (non-hydrogen) atoms. The largest absolute Gasteiger partial charge is 0.343 e. The molecule has 3 aromatic rings. The number of benzene rings is 3. The molecule has 0 unspecified atom stereocenters. The Balaban J connectivity index is -0.0000000783. The molecule has 3 rings (SSSR count). The minimum atomic E-state index is 0. The predicted molar refractivity (Wildman–Crippen MR) is 146 cm³/mol. The Hall–Kier alpha value is 0.972. The van der Waals surface area contributed by atoms with E-state index in [4.69, 9.17) is 0 Å². The first kappa shape index (κ1) is 49.0. The van der Waals surface area contributed by atoms with E-state index in [1.165, 1.54) is 16.7 Å². The molecule has 0 atom stereocenters. The van der Waals surface area contributed by atoms with Crippen LogP contribution in [0.5, 0.6) is 0 Å². The molecule has 0 aliphatic carbocycles. The zero-order valence-electron chi connectivity index (χ0n) is 23.3. The molecule has 0 aromatic heterocycles. The summed E-state index contributed by atoms with van der Waals surface area (Å²) in [6.07, 6.45) is 4.84. The number of rotatable bonds is 5. The van der Waals surface area contributed by atoms with Crippen LogP contribution in [-0.2, 0) is 117 Å². The van der Waals surface area contributed by atoms with Crippen molar-refractivity contribution in [2.75, 3.05) is 0 Å². The molecule has 0 spiro atoms. The summed E-state index contributed by atoms with van der Waals surface area (Å²) in [5.74, 6) is 0. The summed E-state index contributed by atoms with van der Waals surface area (Å²) >= 11 is 0. The Morgan fingerprint density at radius 2 is 0.771 bits per heavy atom. The first-order valence-electron chi connectivity index (χ1n) is 12.0. The maximum absolute atomic E-state index is 3.76. The summed E-state index contributed by atoms with van der Waals surface area (Å²) in [7, 11) is 0. The quantitative estimate of drug-likeness (QED) is 0.233. The van der Waals surface area contributed by atoms with E-state index in [2.05, 4.69) is 51.1 Å². The van der Waals surface area contributed by atoms with Crippen LogP contribution in [0.4, 0.5) is 0 Å². The molecule has 3 radical (unpaired) electrons. The third kappa shape index (κ3) is 35.0. The summed E-state index contributed by atoms with van der Waals surface area (Å²) in [6.45, 7) is 23.2. The van der Waals surface area contributed by atoms with Crippen LogP contribution < -0.4 is 0 Å². The minimum Gasteiger partial charge on any atom is -0.343 e. The Labute approximate surface area is 296 Å². The number of hydrogen-bond acceptors (Lipinski definition) is 0. The minimum absolute atomic E-state index is 0. The van der Waals surface area contributed by atoms with E-state index in [1.54, 1.807) is 0 Å². The SMILES string of the molecule is CC.CC.CC.[CH2-]CCc1[c-]cccc1.[CH2-]CCc1[c-]cccc1.[CH2-]Cc1[c-]cccc1.[Y].[Y].[Y]. The van der Waals surface area contributed by atoms with Gasteiger partial charge in [-0.15, -0.1) is 0 Å². The average molecular weight is 697 g/mol. The van der Waals surface area contributed by atoms with Crippen LogP contribution >= 0.6 is 0 Å². The molecular weight excluding hydrogens is 651 g/mol. The molecule has 0 N–H and O–H groups in total. The zero-order valence-corrected chi connectivity index (χ0v) is 31.8. The summed E-state index contributed by atoms with van der Waals surface area (Å²) in [5.41, 5.74) is 3.69. The maximum Gasteiger partial charge on any atom is 0 e. The van der Waals surface area contributed by atoms with Crippen molar-refractivity contribution in [1.82, 2.24) is 0 Å². The molecule has 0 nitrogen and oxygen atoms in total. The molecule has 0 fully saturated rings. The molecule has 0 amide bonds. The standard InChI is InChI=1S/2C9H10.C8H8.3C2H6.3Y/c2*1-2-6-9-7-4-3-5-8-9;1-2-8-6-4-3-5-7-8;3*1-2;;;/h2*3-5,7H,1-2,6H2;3-6H,1-2H2;3*1-2H3;;;/q3*-2;;;;;;. The fourth-order valence-electron chi connectivity index (χ4n) is 2.14. The molecule has 3 aromatic carbocycles. The second-order valence-corrected chi connectivity index (χ2v) is 5.62. The second kappa shape index (κ2) is 44.9. The van der Waals surface area contributed by atoms with Gasteiger partial charge in [0.2, 0.25) is 0 Å². The van der Waals surface area contributed by atoms with Crippen molar-refractivity contribution in [1.29, 1.82) is 0 Å². The summed E-state index contributed by atoms with van der Waals surface area (Å²) in [4.78, 5) is 0. The van der Waals surface area contributed by atoms with Crippen LogP contribution in [-0.4, -0.2) is 0 Å². The molecule has 189 valence electrons. The molecule has 0 aliphatic rings. The van der Waals surface area contributed by atoms with Crippen molar-refractivity contribution < 1.29 is 98.1 Å². The monoisotopic (exact) mass is 697 g/mol. The van der Waals surface area contributed by atoms with Crippen LogP contribution in [0.25, 0.3) is 0 Å². The fraction of sp³-hybridized carbons (Fsp3) is 0.344. The topological polar surface area (TPSA) is 0 Å². The number of aryl methyl sites for hydroxylation is 2. The van der Waals surface area contributed by atoms with Crippen molar-refractivity contribution in [3.8, 4) is 0 Å². The molecule has 0 saturated carbocycles. The Morgan fingerprint density at radius 3 is 0.943 bits per heavy atom. The van der Waals surface area contributed by atoms with Gasteiger partial charge in [-0.2, -0.15) is 127 Å². The summed E-state index contributed by atoms with van der Waals surface area (Å²) < 4.78 is 0. The van der Waals surface area contributed by atoms with Crippen molar-refractivity contribution in [3.05, 3.63) is 128 Å². The third-order valence-corrected chi connectivity index (χ3v) is 3.48. The van der Waals surface area contributed by atoms with E-state index < -0.39 is 0 Å². The summed E-state index contributed by atoms with van der Waals surface area (Å²) in [6, 6.07) is 33.2. The van der Waals surface area contributed by atoms with Gasteiger partial charge in [0.15, 0.2) is 0 Å². The third-order valence-electron chi connectivity index (χ3n) is 3.48. The van der Waals surface area contributed by atoms with Crippen LogP contribution in [0.2, 0.25) is 0 Å². The van der Waals surface area contributed by atoms with Gasteiger partial charge in [0.1, 0.15) is 0 Å². The molecular formula is C32H46Y3-6. The van der Waals surface area contributed by atoms with Gasteiger partial charge in [0.25, 0.3) is 0 Å². The van der Waals surface area contributed by atoms with E-state index in [9.17, 15) is 0 Å². The van der Waals surface area contributed by atoms with Crippen LogP contribution in [0, 0.1) is 39.0 Å². The van der Waals surface area contributed by atoms with E-state index in [1.807, 2.05) is 102 Å². The van der Waals surface area contributed by atoms with E-state index in [-0.39, 0.29) is 98.1 Å². The maximum atomic E-state index is 3.76. The smallest absolute Gasteiger partial charge is 0 e. The Morgan fingerprint density at radius 1 is 0.486 bits per heavy atom. The van der Waals surface area contributed by atoms with Gasteiger partial charge >= 0.3 is 0 Å². The predicted octanol–water partition coefficient (Wildman–Crippen LogP) is 9.44. The van der Waals surface area contributed by atoms with E-state index in [0.29, 0.717) is 0 Å². The molecule has 0 heterocycles. The van der Waals surface area contributed by atoms with Gasteiger partial charge in [-0.25, -0.2) is 0 Å². The average Bonchev–Trinajstić information content (AvgIpc) is 2.91. The van der Waals surface area contributed by atoms with Gasteiger partial charge < -0.3 is 20.8 Å². The molecule has 0 bridgehead atoms. The van der Waals surface area contributed by atoms with Gasteiger partial charge in [0, 0.05) is 98.1 Å². The van der Waals surface area contributed by atoms with Gasteiger partial charge in [-0.3, -0.25) is 0 Å². The van der Waals surface area contributed by atoms with Crippen molar-refractivity contribution in [2.24, 2.45) is 0 Å². The zero-order chi connectivity index (χ0) is 24.9. The van der Waals surface area contributed by atoms with Gasteiger partial charge in [-0.1, -0.05) is 54.4 Å². The first-order chi connectivity index (χ1) is 15.8. The fourth-order valence-corrected chi connectivity index (χ4v) is 2.14. The van der Waals surface area contributed by atoms with Crippen LogP contribution in [0.1, 0.15) is 71.1 Å². The molecule has 0 aliphatic heterocycles. The van der Waals surface area contributed by atoms with Crippen molar-refractivity contribution in [2.45, 2.75) is 73.6 Å². The van der Waals surface area contributed by atoms with E-state index in [0.717, 1.165) is 32.1 Å². The Kier molecular flexibility index (Phi) is 62.9. The second-order valence-electron chi connectivity index (χ2n) is 5.62. The first-order valence-corrected chi connectivity index (χ1v) is 12.0. The van der Waals surface area contributed by atoms with Gasteiger partial charge in [-0.05, 0) is 0 Å². The van der Waals surface area contributed by atoms with Gasteiger partial charge in [0.05, 0.1) is 0 Å². The molecule has 0 saturated heterocycles. The number of hydrogen-bond donors (Lipinski definition) is 0. The van der Waals surface area contributed by atoms with Crippen molar-refractivity contribution >= 4 is 0 Å². The van der Waals surface area contributed by atoms with Crippen LogP contribution in [0.3, 0.4) is 0 Å². The molecule has 3 heteroatoms. The normalized spacial score (nSPS) is 7.46. The summed E-state index contributed by atoms with van der Waals surface area (Å²) in [5, 5.41) is 0.